The molecule has 0 atom stereocenters. The van der Waals surface area contributed by atoms with Gasteiger partial charge in [-0.15, -0.1) is 0 Å². The van der Waals surface area contributed by atoms with Gasteiger partial charge in [0.1, 0.15) is 0 Å². The fourth-order valence-electron chi connectivity index (χ4n) is 5.38. The summed E-state index contributed by atoms with van der Waals surface area (Å²) in [5.74, 6) is 0.621. The predicted octanol–water partition coefficient (Wildman–Crippen LogP) is 5.70. The van der Waals surface area contributed by atoms with Crippen LogP contribution in [0.15, 0.2) is 91.0 Å². The molecule has 3 aromatic rings. The molecule has 0 saturated carbocycles. The fourth-order valence-corrected chi connectivity index (χ4v) is 5.38. The number of nitrogens with zero attached hydrogens (tertiary/aromatic N) is 1. The standard InChI is InChI=1S/C22H24B.C8H20N/c1-19(2)18-23(20-12-6-3-7-13-20,21-14-8-4-9-15-21)22-16-10-5-11-17-22;1-5-9(6-2,7-3)8-4/h3-17,19H,18H2,1-2H3;5-8H2,1-4H3/q-1;+1. The van der Waals surface area contributed by atoms with Gasteiger partial charge in [-0.3, -0.25) is 0 Å². The number of benzene rings is 3. The second-order valence-electron chi connectivity index (χ2n) is 9.51. The molecule has 0 aliphatic rings. The summed E-state index contributed by atoms with van der Waals surface area (Å²) in [7, 11) is 0. The van der Waals surface area contributed by atoms with Gasteiger partial charge in [-0.1, -0.05) is 111 Å². The van der Waals surface area contributed by atoms with Crippen molar-refractivity contribution >= 4 is 22.5 Å². The Morgan fingerprint density at radius 1 is 0.531 bits per heavy atom. The molecule has 2 heteroatoms. The minimum atomic E-state index is -0.949. The first-order chi connectivity index (χ1) is 15.5. The number of quaternary nitrogens is 1. The molecule has 0 radical (unpaired) electrons. The topological polar surface area (TPSA) is 0 Å². The molecule has 3 aromatic carbocycles. The van der Waals surface area contributed by atoms with Gasteiger partial charge in [0, 0.05) is 0 Å². The van der Waals surface area contributed by atoms with Gasteiger partial charge in [0.15, 0.2) is 0 Å². The Balaban J connectivity index is 0.000000344. The van der Waals surface area contributed by atoms with Crippen molar-refractivity contribution in [2.75, 3.05) is 26.2 Å². The second kappa shape index (κ2) is 12.7. The van der Waals surface area contributed by atoms with Crippen molar-refractivity contribution in [3.8, 4) is 0 Å². The summed E-state index contributed by atoms with van der Waals surface area (Å²) < 4.78 is 1.28. The zero-order chi connectivity index (χ0) is 23.5. The van der Waals surface area contributed by atoms with Crippen molar-refractivity contribution in [3.05, 3.63) is 91.0 Å². The third-order valence-corrected chi connectivity index (χ3v) is 7.61. The summed E-state index contributed by atoms with van der Waals surface area (Å²) in [6.45, 7) is 18.9. The van der Waals surface area contributed by atoms with E-state index in [0.29, 0.717) is 5.92 Å². The van der Waals surface area contributed by atoms with E-state index < -0.39 is 6.15 Å². The van der Waals surface area contributed by atoms with Crippen LogP contribution in [0.25, 0.3) is 0 Å². The smallest absolute Gasteiger partial charge is 0.0817 e. The van der Waals surface area contributed by atoms with E-state index in [9.17, 15) is 0 Å². The van der Waals surface area contributed by atoms with Gasteiger partial charge in [0.05, 0.1) is 32.3 Å². The maximum atomic E-state index is 2.32. The molecule has 0 heterocycles. The van der Waals surface area contributed by atoms with Crippen LogP contribution in [0.3, 0.4) is 0 Å². The van der Waals surface area contributed by atoms with Gasteiger partial charge in [0.2, 0.25) is 0 Å². The van der Waals surface area contributed by atoms with E-state index in [1.165, 1.54) is 47.1 Å². The van der Waals surface area contributed by atoms with Gasteiger partial charge in [-0.05, 0) is 27.7 Å². The van der Waals surface area contributed by atoms with Gasteiger partial charge in [-0.2, -0.15) is 22.7 Å². The molecule has 0 N–H and O–H groups in total. The lowest BCUT2D eigenvalue weighted by atomic mass is 9.13. The third-order valence-electron chi connectivity index (χ3n) is 7.61. The largest absolute Gasteiger partial charge is 0.325 e. The Kier molecular flexibility index (Phi) is 10.3. The van der Waals surface area contributed by atoms with Crippen molar-refractivity contribution in [3.63, 3.8) is 0 Å². The Morgan fingerprint density at radius 3 is 1.00 bits per heavy atom. The Bertz CT molecular complexity index is 756. The third kappa shape index (κ3) is 6.14. The minimum Gasteiger partial charge on any atom is -0.325 e. The maximum absolute atomic E-state index is 2.32. The van der Waals surface area contributed by atoms with Crippen LogP contribution in [0.4, 0.5) is 0 Å². The minimum absolute atomic E-state index is 0.621. The molecule has 0 aliphatic heterocycles. The van der Waals surface area contributed by atoms with Crippen molar-refractivity contribution < 1.29 is 4.48 Å². The van der Waals surface area contributed by atoms with Crippen molar-refractivity contribution in [1.82, 2.24) is 0 Å². The molecule has 3 rings (SSSR count). The Hall–Kier alpha value is -2.32. The molecular weight excluding hydrogens is 385 g/mol. The van der Waals surface area contributed by atoms with E-state index in [-0.39, 0.29) is 0 Å². The first kappa shape index (κ1) is 25.9. The molecule has 0 aliphatic carbocycles. The van der Waals surface area contributed by atoms with Gasteiger partial charge >= 0.3 is 0 Å². The van der Waals surface area contributed by atoms with E-state index in [2.05, 4.69) is 133 Å². The van der Waals surface area contributed by atoms with Crippen molar-refractivity contribution in [1.29, 1.82) is 0 Å². The van der Waals surface area contributed by atoms with Crippen LogP contribution in [-0.2, 0) is 0 Å². The summed E-state index contributed by atoms with van der Waals surface area (Å²) in [5, 5.41) is 0. The van der Waals surface area contributed by atoms with Crippen LogP contribution in [0.2, 0.25) is 6.32 Å². The molecule has 0 amide bonds. The maximum Gasteiger partial charge on any atom is 0.0817 e. The first-order valence-electron chi connectivity index (χ1n) is 12.7. The molecule has 0 aromatic heterocycles. The second-order valence-corrected chi connectivity index (χ2v) is 9.51. The van der Waals surface area contributed by atoms with Crippen LogP contribution in [0, 0.1) is 5.92 Å². The highest BCUT2D eigenvalue weighted by Gasteiger charge is 2.30. The molecule has 32 heavy (non-hydrogen) atoms. The molecule has 0 saturated heterocycles. The number of hydrogen-bond donors (Lipinski definition) is 0. The normalized spacial score (nSPS) is 11.7. The number of rotatable bonds is 9. The molecule has 0 fully saturated rings. The summed E-state index contributed by atoms with van der Waals surface area (Å²) in [4.78, 5) is 0. The highest BCUT2D eigenvalue weighted by Crippen LogP contribution is 2.18. The number of hydrogen-bond acceptors (Lipinski definition) is 0. The summed E-state index contributed by atoms with van der Waals surface area (Å²) >= 11 is 0. The molecule has 0 bridgehead atoms. The quantitative estimate of drug-likeness (QED) is 0.303. The highest BCUT2D eigenvalue weighted by atomic mass is 15.3. The van der Waals surface area contributed by atoms with Crippen LogP contribution < -0.4 is 16.4 Å². The van der Waals surface area contributed by atoms with Crippen molar-refractivity contribution in [2.24, 2.45) is 5.92 Å². The first-order valence-corrected chi connectivity index (χ1v) is 12.7. The zero-order valence-electron chi connectivity index (χ0n) is 21.3. The van der Waals surface area contributed by atoms with E-state index in [1.54, 1.807) is 0 Å². The van der Waals surface area contributed by atoms with Crippen LogP contribution in [0.1, 0.15) is 41.5 Å². The van der Waals surface area contributed by atoms with Crippen LogP contribution in [0.5, 0.6) is 0 Å². The molecular formula is C30H44BN. The summed E-state index contributed by atoms with van der Waals surface area (Å²) in [6, 6.07) is 33.1. The van der Waals surface area contributed by atoms with E-state index in [4.69, 9.17) is 0 Å². The van der Waals surface area contributed by atoms with Crippen LogP contribution in [-0.4, -0.2) is 36.8 Å². The molecule has 0 spiro atoms. The average molecular weight is 430 g/mol. The van der Waals surface area contributed by atoms with E-state index in [0.717, 1.165) is 6.32 Å². The fraction of sp³-hybridized carbons (Fsp3) is 0.400. The van der Waals surface area contributed by atoms with E-state index in [1.807, 2.05) is 0 Å². The molecule has 172 valence electrons. The summed E-state index contributed by atoms with van der Waals surface area (Å²) in [5.41, 5.74) is 4.29. The molecule has 1 nitrogen and oxygen atoms in total. The van der Waals surface area contributed by atoms with Gasteiger partial charge in [0.25, 0.3) is 0 Å². The van der Waals surface area contributed by atoms with Crippen LogP contribution >= 0.6 is 0 Å². The lowest BCUT2D eigenvalue weighted by Gasteiger charge is -2.44. The monoisotopic (exact) mass is 429 g/mol. The lowest BCUT2D eigenvalue weighted by molar-refractivity contribution is -0.921. The van der Waals surface area contributed by atoms with Gasteiger partial charge in [-0.25, -0.2) is 0 Å². The highest BCUT2D eigenvalue weighted by molar-refractivity contribution is 7.11. The van der Waals surface area contributed by atoms with Crippen molar-refractivity contribution in [2.45, 2.75) is 47.9 Å². The molecule has 0 unspecified atom stereocenters. The lowest BCUT2D eigenvalue weighted by Crippen LogP contribution is -2.67. The zero-order valence-corrected chi connectivity index (χ0v) is 21.3. The predicted molar refractivity (Wildman–Crippen MR) is 146 cm³/mol. The van der Waals surface area contributed by atoms with E-state index >= 15 is 0 Å². The summed E-state index contributed by atoms with van der Waals surface area (Å²) in [6.07, 6.45) is 0.202. The Labute approximate surface area is 198 Å². The average Bonchev–Trinajstić information content (AvgIpc) is 2.86. The Morgan fingerprint density at radius 2 is 0.812 bits per heavy atom. The van der Waals surface area contributed by atoms with Gasteiger partial charge < -0.3 is 4.48 Å². The SMILES string of the molecule is CC(C)C[B-](c1ccccc1)(c1ccccc1)c1ccccc1.CC[N+](CC)(CC)CC.